The third-order valence-electron chi connectivity index (χ3n) is 4.37. The zero-order chi connectivity index (χ0) is 21.2. The van der Waals surface area contributed by atoms with Crippen LogP contribution in [0.1, 0.15) is 16.8 Å². The number of ether oxygens (including phenoxy) is 3. The minimum absolute atomic E-state index is 0.191. The second kappa shape index (κ2) is 10.7. The average Bonchev–Trinajstić information content (AvgIpc) is 2.81. The van der Waals surface area contributed by atoms with Crippen LogP contribution in [-0.4, -0.2) is 25.1 Å². The Morgan fingerprint density at radius 1 is 1.00 bits per heavy atom. The molecule has 0 radical (unpaired) electrons. The zero-order valence-corrected chi connectivity index (χ0v) is 17.0. The van der Waals surface area contributed by atoms with Gasteiger partial charge in [-0.2, -0.15) is 0 Å². The van der Waals surface area contributed by atoms with Crippen molar-refractivity contribution >= 4 is 12.0 Å². The molecule has 0 fully saturated rings. The molecule has 0 atom stereocenters. The SMILES string of the molecule is COc1ccc(CNC(=O)/C=C/c2ccc(OCc3ccccn3)cc2)c(OC)c1. The molecule has 0 aliphatic carbocycles. The van der Waals surface area contributed by atoms with E-state index in [1.165, 1.54) is 6.08 Å². The molecule has 30 heavy (non-hydrogen) atoms. The molecule has 1 amide bonds. The van der Waals surface area contributed by atoms with Gasteiger partial charge in [0.25, 0.3) is 0 Å². The number of carbonyl (C=O) groups is 1. The van der Waals surface area contributed by atoms with Crippen molar-refractivity contribution < 1.29 is 19.0 Å². The van der Waals surface area contributed by atoms with Crippen LogP contribution < -0.4 is 19.5 Å². The summed E-state index contributed by atoms with van der Waals surface area (Å²) in [4.78, 5) is 16.4. The Kier molecular flexibility index (Phi) is 7.44. The van der Waals surface area contributed by atoms with E-state index in [1.807, 2.05) is 54.6 Å². The van der Waals surface area contributed by atoms with E-state index < -0.39 is 0 Å². The lowest BCUT2D eigenvalue weighted by Gasteiger charge is -2.10. The number of pyridine rings is 1. The molecule has 2 aromatic carbocycles. The van der Waals surface area contributed by atoms with Gasteiger partial charge in [-0.1, -0.05) is 18.2 Å². The lowest BCUT2D eigenvalue weighted by Crippen LogP contribution is -2.20. The van der Waals surface area contributed by atoms with Crippen LogP contribution >= 0.6 is 0 Å². The normalized spacial score (nSPS) is 10.6. The van der Waals surface area contributed by atoms with Crippen LogP contribution in [0.3, 0.4) is 0 Å². The molecular weight excluding hydrogens is 380 g/mol. The van der Waals surface area contributed by atoms with Crippen molar-refractivity contribution in [3.05, 3.63) is 89.8 Å². The number of nitrogens with one attached hydrogen (secondary N) is 1. The van der Waals surface area contributed by atoms with Crippen LogP contribution in [0.4, 0.5) is 0 Å². The molecule has 0 unspecified atom stereocenters. The summed E-state index contributed by atoms with van der Waals surface area (Å²) in [5, 5.41) is 2.85. The van der Waals surface area contributed by atoms with Crippen LogP contribution in [0, 0.1) is 0 Å². The minimum Gasteiger partial charge on any atom is -0.497 e. The summed E-state index contributed by atoms with van der Waals surface area (Å²) < 4.78 is 16.2. The average molecular weight is 404 g/mol. The molecular formula is C24H24N2O4. The fourth-order valence-electron chi connectivity index (χ4n) is 2.73. The maximum Gasteiger partial charge on any atom is 0.244 e. The highest BCUT2D eigenvalue weighted by Gasteiger charge is 2.06. The molecule has 6 nitrogen and oxygen atoms in total. The maximum absolute atomic E-state index is 12.1. The number of rotatable bonds is 9. The lowest BCUT2D eigenvalue weighted by molar-refractivity contribution is -0.116. The van der Waals surface area contributed by atoms with Crippen LogP contribution in [0.5, 0.6) is 17.2 Å². The quantitative estimate of drug-likeness (QED) is 0.546. The minimum atomic E-state index is -0.191. The van der Waals surface area contributed by atoms with E-state index in [-0.39, 0.29) is 5.91 Å². The van der Waals surface area contributed by atoms with Crippen LogP contribution in [0.25, 0.3) is 6.08 Å². The summed E-state index contributed by atoms with van der Waals surface area (Å²) >= 11 is 0. The summed E-state index contributed by atoms with van der Waals surface area (Å²) in [5.41, 5.74) is 2.64. The summed E-state index contributed by atoms with van der Waals surface area (Å²) in [6, 6.07) is 18.7. The van der Waals surface area contributed by atoms with Crippen molar-refractivity contribution in [2.24, 2.45) is 0 Å². The Labute approximate surface area is 176 Å². The summed E-state index contributed by atoms with van der Waals surface area (Å²) in [5.74, 6) is 1.92. The fraction of sp³-hybridized carbons (Fsp3) is 0.167. The maximum atomic E-state index is 12.1. The van der Waals surface area contributed by atoms with Crippen molar-refractivity contribution in [3.63, 3.8) is 0 Å². The van der Waals surface area contributed by atoms with Crippen LogP contribution in [0.2, 0.25) is 0 Å². The first-order valence-electron chi connectivity index (χ1n) is 9.47. The first-order valence-corrected chi connectivity index (χ1v) is 9.47. The number of nitrogens with zero attached hydrogens (tertiary/aromatic N) is 1. The van der Waals surface area contributed by atoms with Gasteiger partial charge in [0.05, 0.1) is 19.9 Å². The Bertz CT molecular complexity index is 986. The van der Waals surface area contributed by atoms with Crippen LogP contribution in [0.15, 0.2) is 72.9 Å². The van der Waals surface area contributed by atoms with E-state index in [2.05, 4.69) is 10.3 Å². The van der Waals surface area contributed by atoms with E-state index in [1.54, 1.807) is 32.6 Å². The fourth-order valence-corrected chi connectivity index (χ4v) is 2.73. The van der Waals surface area contributed by atoms with Gasteiger partial charge in [0.1, 0.15) is 23.9 Å². The zero-order valence-electron chi connectivity index (χ0n) is 17.0. The summed E-state index contributed by atoms with van der Waals surface area (Å²) in [6.07, 6.45) is 4.99. The monoisotopic (exact) mass is 404 g/mol. The third kappa shape index (κ3) is 6.10. The molecule has 0 bridgehead atoms. The van der Waals surface area contributed by atoms with Gasteiger partial charge in [-0.25, -0.2) is 0 Å². The van der Waals surface area contributed by atoms with E-state index in [0.29, 0.717) is 24.7 Å². The number of methoxy groups -OCH3 is 2. The number of benzene rings is 2. The predicted molar refractivity (Wildman–Crippen MR) is 115 cm³/mol. The van der Waals surface area contributed by atoms with Gasteiger partial charge >= 0.3 is 0 Å². The molecule has 0 saturated carbocycles. The number of hydrogen-bond donors (Lipinski definition) is 1. The van der Waals surface area contributed by atoms with Gasteiger partial charge < -0.3 is 19.5 Å². The van der Waals surface area contributed by atoms with Gasteiger partial charge in [0.15, 0.2) is 0 Å². The first kappa shape index (κ1) is 20.9. The van der Waals surface area contributed by atoms with Crippen molar-refractivity contribution in [2.75, 3.05) is 14.2 Å². The molecule has 3 aromatic rings. The molecule has 0 aliphatic rings. The molecule has 6 heteroatoms. The van der Waals surface area contributed by atoms with Crippen molar-refractivity contribution in [1.82, 2.24) is 10.3 Å². The molecule has 0 aliphatic heterocycles. The summed E-state index contributed by atoms with van der Waals surface area (Å²) in [7, 11) is 3.18. The topological polar surface area (TPSA) is 69.7 Å². The Morgan fingerprint density at radius 2 is 1.80 bits per heavy atom. The molecule has 1 N–H and O–H groups in total. The molecule has 154 valence electrons. The number of aromatic nitrogens is 1. The van der Waals surface area contributed by atoms with Crippen molar-refractivity contribution in [3.8, 4) is 17.2 Å². The smallest absolute Gasteiger partial charge is 0.244 e. The lowest BCUT2D eigenvalue weighted by atomic mass is 10.2. The molecule has 0 saturated heterocycles. The predicted octanol–water partition coefficient (Wildman–Crippen LogP) is 4.01. The molecule has 1 aromatic heterocycles. The molecule has 0 spiro atoms. The second-order valence-corrected chi connectivity index (χ2v) is 6.41. The van der Waals surface area contributed by atoms with Gasteiger partial charge in [0, 0.05) is 30.4 Å². The summed E-state index contributed by atoms with van der Waals surface area (Å²) in [6.45, 7) is 0.768. The van der Waals surface area contributed by atoms with Gasteiger partial charge in [-0.15, -0.1) is 0 Å². The van der Waals surface area contributed by atoms with E-state index >= 15 is 0 Å². The van der Waals surface area contributed by atoms with Gasteiger partial charge in [-0.05, 0) is 48.0 Å². The number of amides is 1. The Hall–Kier alpha value is -3.80. The molecule has 1 heterocycles. The standard InChI is InChI=1S/C24H24N2O4/c1-28-22-12-9-19(23(15-22)29-2)16-26-24(27)13-8-18-6-10-21(11-7-18)30-17-20-5-3-4-14-25-20/h3-15H,16-17H2,1-2H3,(H,26,27)/b13-8+. The van der Waals surface area contributed by atoms with Gasteiger partial charge in [0.2, 0.25) is 5.91 Å². The van der Waals surface area contributed by atoms with Crippen molar-refractivity contribution in [1.29, 1.82) is 0 Å². The highest BCUT2D eigenvalue weighted by Crippen LogP contribution is 2.24. The highest BCUT2D eigenvalue weighted by atomic mass is 16.5. The van der Waals surface area contributed by atoms with Gasteiger partial charge in [-0.3, -0.25) is 9.78 Å². The van der Waals surface area contributed by atoms with Crippen molar-refractivity contribution in [2.45, 2.75) is 13.2 Å². The van der Waals surface area contributed by atoms with Crippen LogP contribution in [-0.2, 0) is 17.9 Å². The second-order valence-electron chi connectivity index (χ2n) is 6.41. The third-order valence-corrected chi connectivity index (χ3v) is 4.37. The van der Waals surface area contributed by atoms with E-state index in [4.69, 9.17) is 14.2 Å². The Balaban J connectivity index is 1.50. The number of hydrogen-bond acceptors (Lipinski definition) is 5. The molecule has 3 rings (SSSR count). The van der Waals surface area contributed by atoms with E-state index in [9.17, 15) is 4.79 Å². The van der Waals surface area contributed by atoms with E-state index in [0.717, 1.165) is 22.6 Å². The Morgan fingerprint density at radius 3 is 2.50 bits per heavy atom. The largest absolute Gasteiger partial charge is 0.497 e. The highest BCUT2D eigenvalue weighted by molar-refractivity contribution is 5.91. The number of carbonyl (C=O) groups excluding carboxylic acids is 1. The first-order chi connectivity index (χ1) is 14.7.